The van der Waals surface area contributed by atoms with Crippen molar-refractivity contribution in [2.45, 2.75) is 37.7 Å². The molecule has 1 aromatic rings. The number of methoxy groups -OCH3 is 1. The highest BCUT2D eigenvalue weighted by molar-refractivity contribution is 5.84. The van der Waals surface area contributed by atoms with E-state index in [2.05, 4.69) is 5.32 Å². The van der Waals surface area contributed by atoms with Crippen molar-refractivity contribution in [3.05, 3.63) is 35.1 Å². The summed E-state index contributed by atoms with van der Waals surface area (Å²) in [4.78, 5) is 14.5. The van der Waals surface area contributed by atoms with Crippen LogP contribution >= 0.6 is 0 Å². The van der Waals surface area contributed by atoms with Gasteiger partial charge in [-0.2, -0.15) is 13.2 Å². The van der Waals surface area contributed by atoms with Gasteiger partial charge < -0.3 is 15.4 Å². The number of likely N-dealkylation sites (tertiary alicyclic amines) is 1. The summed E-state index contributed by atoms with van der Waals surface area (Å²) in [6.07, 6.45) is -4.18. The molecule has 5 nitrogen and oxygen atoms in total. The number of ether oxygens (including phenoxy) is 1. The standard InChI is InChI=1S/C17H23F4N3O2/c1-10-5-11(18)3-4-14(10)15(23-9-17(19,20)21)16(25)24-8-13(26-2)6-12(24)7-22/h3-5,12-13,15,23H,6-9,22H2,1-2H3/t12-,13+,15?/m0/s1. The maximum atomic E-state index is 13.4. The third-order valence-corrected chi connectivity index (χ3v) is 4.56. The van der Waals surface area contributed by atoms with E-state index in [9.17, 15) is 22.4 Å². The Morgan fingerprint density at radius 2 is 2.15 bits per heavy atom. The van der Waals surface area contributed by atoms with Gasteiger partial charge in [0, 0.05) is 26.2 Å². The summed E-state index contributed by atoms with van der Waals surface area (Å²) in [7, 11) is 1.51. The van der Waals surface area contributed by atoms with E-state index in [-0.39, 0.29) is 25.2 Å². The Balaban J connectivity index is 2.31. The molecule has 1 aromatic carbocycles. The summed E-state index contributed by atoms with van der Waals surface area (Å²) in [5, 5.41) is 2.27. The van der Waals surface area contributed by atoms with Crippen LogP contribution in [0.2, 0.25) is 0 Å². The molecule has 1 heterocycles. The van der Waals surface area contributed by atoms with Crippen LogP contribution in [0.3, 0.4) is 0 Å². The minimum absolute atomic E-state index is 0.181. The van der Waals surface area contributed by atoms with Crippen molar-refractivity contribution in [3.8, 4) is 0 Å². The van der Waals surface area contributed by atoms with Gasteiger partial charge in [0.2, 0.25) is 5.91 Å². The molecule has 3 N–H and O–H groups in total. The normalized spacial score (nSPS) is 21.9. The highest BCUT2D eigenvalue weighted by Gasteiger charge is 2.39. The third-order valence-electron chi connectivity index (χ3n) is 4.56. The number of nitrogens with zero attached hydrogens (tertiary/aromatic N) is 1. The molecule has 1 unspecified atom stereocenters. The van der Waals surface area contributed by atoms with Crippen molar-refractivity contribution >= 4 is 5.91 Å². The van der Waals surface area contributed by atoms with E-state index in [4.69, 9.17) is 10.5 Å². The van der Waals surface area contributed by atoms with Crippen LogP contribution < -0.4 is 11.1 Å². The fraction of sp³-hybridized carbons (Fsp3) is 0.588. The largest absolute Gasteiger partial charge is 0.401 e. The Hall–Kier alpha value is -1.71. The number of carbonyl (C=O) groups is 1. The molecule has 0 bridgehead atoms. The van der Waals surface area contributed by atoms with Crippen molar-refractivity contribution in [3.63, 3.8) is 0 Å². The quantitative estimate of drug-likeness (QED) is 0.743. The van der Waals surface area contributed by atoms with Gasteiger partial charge in [0.05, 0.1) is 12.6 Å². The molecule has 1 aliphatic heterocycles. The molecular formula is C17H23F4N3O2. The topological polar surface area (TPSA) is 67.6 Å². The molecule has 146 valence electrons. The summed E-state index contributed by atoms with van der Waals surface area (Å²) < 4.78 is 56.8. The van der Waals surface area contributed by atoms with Crippen LogP contribution in [0, 0.1) is 12.7 Å². The molecular weight excluding hydrogens is 354 g/mol. The van der Waals surface area contributed by atoms with E-state index >= 15 is 0 Å². The van der Waals surface area contributed by atoms with Crippen molar-refractivity contribution < 1.29 is 27.1 Å². The maximum absolute atomic E-state index is 13.4. The Bertz CT molecular complexity index is 639. The molecule has 26 heavy (non-hydrogen) atoms. The van der Waals surface area contributed by atoms with Gasteiger partial charge in [0.15, 0.2) is 0 Å². The monoisotopic (exact) mass is 377 g/mol. The summed E-state index contributed by atoms with van der Waals surface area (Å²) in [6.45, 7) is 0.646. The lowest BCUT2D eigenvalue weighted by atomic mass is 9.99. The number of nitrogens with one attached hydrogen (secondary N) is 1. The zero-order chi connectivity index (χ0) is 19.5. The lowest BCUT2D eigenvalue weighted by Gasteiger charge is -2.30. The number of amides is 1. The maximum Gasteiger partial charge on any atom is 0.401 e. The van der Waals surface area contributed by atoms with Gasteiger partial charge in [-0.3, -0.25) is 10.1 Å². The number of carbonyl (C=O) groups excluding carboxylic acids is 1. The van der Waals surface area contributed by atoms with Gasteiger partial charge in [-0.1, -0.05) is 6.07 Å². The molecule has 1 saturated heterocycles. The van der Waals surface area contributed by atoms with Gasteiger partial charge in [-0.05, 0) is 36.6 Å². The summed E-state index contributed by atoms with van der Waals surface area (Å²) >= 11 is 0. The summed E-state index contributed by atoms with van der Waals surface area (Å²) in [6, 6.07) is 2.08. The Morgan fingerprint density at radius 1 is 1.46 bits per heavy atom. The van der Waals surface area contributed by atoms with Crippen molar-refractivity contribution in [2.75, 3.05) is 26.7 Å². The summed E-state index contributed by atoms with van der Waals surface area (Å²) in [5.74, 6) is -1.05. The molecule has 3 atom stereocenters. The average Bonchev–Trinajstić information content (AvgIpc) is 2.99. The lowest BCUT2D eigenvalue weighted by molar-refractivity contribution is -0.139. The molecule has 0 aromatic heterocycles. The number of halogens is 4. The summed E-state index contributed by atoms with van der Waals surface area (Å²) in [5.41, 5.74) is 6.41. The first-order chi connectivity index (χ1) is 12.2. The minimum Gasteiger partial charge on any atom is -0.380 e. The van der Waals surface area contributed by atoms with Crippen molar-refractivity contribution in [2.24, 2.45) is 5.73 Å². The number of hydrogen-bond donors (Lipinski definition) is 2. The predicted octanol–water partition coefficient (Wildman–Crippen LogP) is 1.90. The molecule has 2 rings (SSSR count). The third kappa shape index (κ3) is 4.93. The number of alkyl halides is 3. The first-order valence-electron chi connectivity index (χ1n) is 8.25. The first kappa shape index (κ1) is 20.6. The number of aryl methyl sites for hydroxylation is 1. The van der Waals surface area contributed by atoms with E-state index in [1.165, 1.54) is 24.1 Å². The molecule has 0 saturated carbocycles. The molecule has 9 heteroatoms. The van der Waals surface area contributed by atoms with Crippen molar-refractivity contribution in [1.82, 2.24) is 10.2 Å². The number of hydrogen-bond acceptors (Lipinski definition) is 4. The van der Waals surface area contributed by atoms with Crippen LogP contribution in [0.5, 0.6) is 0 Å². The average molecular weight is 377 g/mol. The second-order valence-corrected chi connectivity index (χ2v) is 6.40. The van der Waals surface area contributed by atoms with Crippen LogP contribution in [0.4, 0.5) is 17.6 Å². The number of nitrogens with two attached hydrogens (primary N) is 1. The fourth-order valence-corrected chi connectivity index (χ4v) is 3.21. The Kier molecular flexibility index (Phi) is 6.59. The first-order valence-corrected chi connectivity index (χ1v) is 8.25. The van der Waals surface area contributed by atoms with Crippen LogP contribution in [-0.2, 0) is 9.53 Å². The van der Waals surface area contributed by atoms with E-state index in [1.807, 2.05) is 0 Å². The molecule has 0 aliphatic carbocycles. The molecule has 1 amide bonds. The fourth-order valence-electron chi connectivity index (χ4n) is 3.21. The highest BCUT2D eigenvalue weighted by Crippen LogP contribution is 2.27. The second-order valence-electron chi connectivity index (χ2n) is 6.40. The van der Waals surface area contributed by atoms with Crippen LogP contribution in [0.15, 0.2) is 18.2 Å². The van der Waals surface area contributed by atoms with E-state index in [1.54, 1.807) is 6.92 Å². The van der Waals surface area contributed by atoms with Crippen molar-refractivity contribution in [1.29, 1.82) is 0 Å². The SMILES string of the molecule is CO[C@@H]1C[C@@H](CN)N(C(=O)C(NCC(F)(F)F)c2ccc(F)cc2C)C1. The molecule has 0 radical (unpaired) electrons. The Morgan fingerprint density at radius 3 is 2.69 bits per heavy atom. The number of benzene rings is 1. The van der Waals surface area contributed by atoms with E-state index in [0.717, 1.165) is 6.07 Å². The smallest absolute Gasteiger partial charge is 0.380 e. The number of rotatable bonds is 6. The van der Waals surface area contributed by atoms with E-state index in [0.29, 0.717) is 17.5 Å². The van der Waals surface area contributed by atoms with Gasteiger partial charge in [0.1, 0.15) is 11.9 Å². The van der Waals surface area contributed by atoms with Gasteiger partial charge in [-0.15, -0.1) is 0 Å². The zero-order valence-corrected chi connectivity index (χ0v) is 14.6. The highest BCUT2D eigenvalue weighted by atomic mass is 19.4. The Labute approximate surface area is 149 Å². The second kappa shape index (κ2) is 8.32. The van der Waals surface area contributed by atoms with Gasteiger partial charge >= 0.3 is 6.18 Å². The van der Waals surface area contributed by atoms with Gasteiger partial charge in [-0.25, -0.2) is 4.39 Å². The molecule has 0 spiro atoms. The van der Waals surface area contributed by atoms with Crippen LogP contribution in [0.25, 0.3) is 0 Å². The van der Waals surface area contributed by atoms with Gasteiger partial charge in [0.25, 0.3) is 0 Å². The minimum atomic E-state index is -4.49. The lowest BCUT2D eigenvalue weighted by Crippen LogP contribution is -2.47. The predicted molar refractivity (Wildman–Crippen MR) is 87.9 cm³/mol. The van der Waals surface area contributed by atoms with E-state index < -0.39 is 30.5 Å². The zero-order valence-electron chi connectivity index (χ0n) is 14.6. The molecule has 1 aliphatic rings. The van der Waals surface area contributed by atoms with Crippen LogP contribution in [0.1, 0.15) is 23.6 Å². The van der Waals surface area contributed by atoms with Crippen LogP contribution in [-0.4, -0.2) is 55.9 Å². The molecule has 1 fully saturated rings.